The van der Waals surface area contributed by atoms with Crippen LogP contribution in [0.5, 0.6) is 0 Å². The SMILES string of the molecule is CCC1OC(=O)C(C)C(C)CC(=O)C(C)(O)CC(C)C(O)CC(=O)C1(C)O. The van der Waals surface area contributed by atoms with Gasteiger partial charge in [-0.2, -0.15) is 0 Å². The summed E-state index contributed by atoms with van der Waals surface area (Å²) in [4.78, 5) is 37.6. The van der Waals surface area contributed by atoms with E-state index in [-0.39, 0.29) is 25.7 Å². The Balaban J connectivity index is 3.25. The molecule has 0 aromatic heterocycles. The molecule has 0 saturated carbocycles. The second kappa shape index (κ2) is 8.80. The largest absolute Gasteiger partial charge is 0.459 e. The molecule has 7 nitrogen and oxygen atoms in total. The van der Waals surface area contributed by atoms with E-state index in [1.54, 1.807) is 27.7 Å². The van der Waals surface area contributed by atoms with E-state index in [4.69, 9.17) is 4.74 Å². The van der Waals surface area contributed by atoms with Crippen LogP contribution in [0.1, 0.15) is 67.2 Å². The van der Waals surface area contributed by atoms with Gasteiger partial charge in [0.15, 0.2) is 17.2 Å². The van der Waals surface area contributed by atoms with Gasteiger partial charge >= 0.3 is 5.97 Å². The zero-order valence-electron chi connectivity index (χ0n) is 17.2. The highest BCUT2D eigenvalue weighted by molar-refractivity contribution is 5.89. The molecule has 7 unspecified atom stereocenters. The first kappa shape index (κ1) is 23.7. The van der Waals surface area contributed by atoms with Gasteiger partial charge in [-0.15, -0.1) is 0 Å². The van der Waals surface area contributed by atoms with Gasteiger partial charge in [0.1, 0.15) is 11.7 Å². The van der Waals surface area contributed by atoms with Gasteiger partial charge in [-0.1, -0.05) is 27.7 Å². The van der Waals surface area contributed by atoms with E-state index < -0.39 is 58.7 Å². The first-order chi connectivity index (χ1) is 12.2. The summed E-state index contributed by atoms with van der Waals surface area (Å²) in [6.45, 7) is 9.34. The van der Waals surface area contributed by atoms with Crippen LogP contribution in [0, 0.1) is 17.8 Å². The van der Waals surface area contributed by atoms with Crippen molar-refractivity contribution in [3.05, 3.63) is 0 Å². The zero-order chi connectivity index (χ0) is 21.2. The molecule has 0 aromatic carbocycles. The minimum atomic E-state index is -1.93. The van der Waals surface area contributed by atoms with E-state index in [1.807, 2.05) is 0 Å². The lowest BCUT2D eigenvalue weighted by atomic mass is 9.79. The summed E-state index contributed by atoms with van der Waals surface area (Å²) in [5.74, 6) is -3.25. The number of hydrogen-bond acceptors (Lipinski definition) is 7. The number of ether oxygens (including phenoxy) is 1. The Hall–Kier alpha value is -1.31. The van der Waals surface area contributed by atoms with Crippen molar-refractivity contribution >= 4 is 17.5 Å². The van der Waals surface area contributed by atoms with Gasteiger partial charge in [-0.05, 0) is 38.5 Å². The lowest BCUT2D eigenvalue weighted by molar-refractivity contribution is -0.175. The number of ketones is 2. The molecule has 0 amide bonds. The van der Waals surface area contributed by atoms with Crippen molar-refractivity contribution in [2.24, 2.45) is 17.8 Å². The number of carbonyl (C=O) groups is 3. The molecular weight excluding hydrogens is 352 g/mol. The summed E-state index contributed by atoms with van der Waals surface area (Å²) in [6.07, 6.45) is -2.36. The Morgan fingerprint density at radius 1 is 1.00 bits per heavy atom. The fourth-order valence-corrected chi connectivity index (χ4v) is 3.42. The summed E-state index contributed by atoms with van der Waals surface area (Å²) in [5.41, 5.74) is -3.61. The van der Waals surface area contributed by atoms with Gasteiger partial charge < -0.3 is 20.1 Å². The van der Waals surface area contributed by atoms with Crippen LogP contribution >= 0.6 is 0 Å². The highest BCUT2D eigenvalue weighted by Gasteiger charge is 2.44. The maximum absolute atomic E-state index is 12.6. The van der Waals surface area contributed by atoms with Gasteiger partial charge in [0.05, 0.1) is 12.0 Å². The van der Waals surface area contributed by atoms with E-state index in [2.05, 4.69) is 0 Å². The minimum absolute atomic E-state index is 0.0157. The molecule has 1 heterocycles. The van der Waals surface area contributed by atoms with Crippen molar-refractivity contribution in [3.8, 4) is 0 Å². The molecule has 1 fully saturated rings. The Bertz CT molecular complexity index is 567. The Labute approximate surface area is 161 Å². The second-order valence-electron chi connectivity index (χ2n) is 8.52. The van der Waals surface area contributed by atoms with Crippen molar-refractivity contribution in [1.29, 1.82) is 0 Å². The molecule has 0 bridgehead atoms. The smallest absolute Gasteiger partial charge is 0.309 e. The maximum Gasteiger partial charge on any atom is 0.309 e. The molecule has 0 aromatic rings. The molecule has 1 aliphatic rings. The Morgan fingerprint density at radius 2 is 1.56 bits per heavy atom. The molecule has 1 saturated heterocycles. The van der Waals surface area contributed by atoms with Crippen LogP contribution in [0.15, 0.2) is 0 Å². The number of hydrogen-bond donors (Lipinski definition) is 3. The summed E-state index contributed by atoms with van der Waals surface area (Å²) in [5, 5.41) is 31.6. The number of Topliss-reactive ketones (excluding diaryl/α,β-unsaturated/α-hetero) is 2. The summed E-state index contributed by atoms with van der Waals surface area (Å²) >= 11 is 0. The number of aliphatic hydroxyl groups excluding tert-OH is 1. The van der Waals surface area contributed by atoms with Crippen LogP contribution in [0.25, 0.3) is 0 Å². The van der Waals surface area contributed by atoms with Crippen LogP contribution < -0.4 is 0 Å². The van der Waals surface area contributed by atoms with Crippen LogP contribution in [-0.4, -0.2) is 56.3 Å². The zero-order valence-corrected chi connectivity index (χ0v) is 17.2. The summed E-state index contributed by atoms with van der Waals surface area (Å²) < 4.78 is 5.40. The fraction of sp³-hybridized carbons (Fsp3) is 0.850. The molecule has 156 valence electrons. The standard InChI is InChI=1S/C20H34O7/c1-7-17-20(6,26)16(23)9-14(21)12(3)10-19(5,25)15(22)8-11(2)13(4)18(24)27-17/h11-14,17,21,25-26H,7-10H2,1-6H3. The summed E-state index contributed by atoms with van der Waals surface area (Å²) in [7, 11) is 0. The molecular formula is C20H34O7. The molecule has 0 radical (unpaired) electrons. The van der Waals surface area contributed by atoms with Crippen molar-refractivity contribution in [2.45, 2.75) is 90.6 Å². The topological polar surface area (TPSA) is 121 Å². The molecule has 1 rings (SSSR count). The predicted octanol–water partition coefficient (Wildman–Crippen LogP) is 1.40. The van der Waals surface area contributed by atoms with E-state index in [0.29, 0.717) is 0 Å². The minimum Gasteiger partial charge on any atom is -0.459 e. The van der Waals surface area contributed by atoms with Crippen molar-refractivity contribution < 1.29 is 34.4 Å². The monoisotopic (exact) mass is 386 g/mol. The van der Waals surface area contributed by atoms with E-state index in [1.165, 1.54) is 13.8 Å². The highest BCUT2D eigenvalue weighted by Crippen LogP contribution is 2.30. The number of aliphatic hydroxyl groups is 3. The Kier molecular flexibility index (Phi) is 7.73. The lowest BCUT2D eigenvalue weighted by Gasteiger charge is -2.35. The molecule has 0 aliphatic carbocycles. The number of esters is 1. The van der Waals surface area contributed by atoms with Gasteiger partial charge in [0.2, 0.25) is 0 Å². The quantitative estimate of drug-likeness (QED) is 0.582. The molecule has 3 N–H and O–H groups in total. The third kappa shape index (κ3) is 5.59. The molecule has 7 atom stereocenters. The normalized spacial score (nSPS) is 43.1. The van der Waals surface area contributed by atoms with Crippen LogP contribution in [0.3, 0.4) is 0 Å². The molecule has 27 heavy (non-hydrogen) atoms. The number of rotatable bonds is 1. The van der Waals surface area contributed by atoms with E-state index in [9.17, 15) is 29.7 Å². The first-order valence-electron chi connectivity index (χ1n) is 9.63. The third-order valence-electron chi connectivity index (χ3n) is 5.92. The Morgan fingerprint density at radius 3 is 2.07 bits per heavy atom. The van der Waals surface area contributed by atoms with Gasteiger partial charge in [-0.3, -0.25) is 14.4 Å². The molecule has 7 heteroatoms. The maximum atomic E-state index is 12.6. The van der Waals surface area contributed by atoms with Gasteiger partial charge in [0.25, 0.3) is 0 Å². The fourth-order valence-electron chi connectivity index (χ4n) is 3.42. The summed E-state index contributed by atoms with van der Waals surface area (Å²) in [6, 6.07) is 0. The van der Waals surface area contributed by atoms with Crippen molar-refractivity contribution in [2.75, 3.05) is 0 Å². The van der Waals surface area contributed by atoms with Crippen LogP contribution in [-0.2, 0) is 19.1 Å². The second-order valence-corrected chi connectivity index (χ2v) is 8.52. The van der Waals surface area contributed by atoms with Crippen molar-refractivity contribution in [3.63, 3.8) is 0 Å². The molecule has 0 spiro atoms. The average molecular weight is 386 g/mol. The molecule has 1 aliphatic heterocycles. The predicted molar refractivity (Wildman–Crippen MR) is 98.8 cm³/mol. The number of carbonyl (C=O) groups excluding carboxylic acids is 3. The van der Waals surface area contributed by atoms with E-state index >= 15 is 0 Å². The van der Waals surface area contributed by atoms with Gasteiger partial charge in [0, 0.05) is 12.8 Å². The van der Waals surface area contributed by atoms with Gasteiger partial charge in [-0.25, -0.2) is 0 Å². The van der Waals surface area contributed by atoms with Crippen LogP contribution in [0.2, 0.25) is 0 Å². The van der Waals surface area contributed by atoms with Crippen molar-refractivity contribution in [1.82, 2.24) is 0 Å². The average Bonchev–Trinajstić information content (AvgIpc) is 2.56. The lowest BCUT2D eigenvalue weighted by Crippen LogP contribution is -2.51. The van der Waals surface area contributed by atoms with E-state index in [0.717, 1.165) is 0 Å². The number of cyclic esters (lactones) is 1. The van der Waals surface area contributed by atoms with Crippen LogP contribution in [0.4, 0.5) is 0 Å². The highest BCUT2D eigenvalue weighted by atomic mass is 16.6. The first-order valence-corrected chi connectivity index (χ1v) is 9.63. The third-order valence-corrected chi connectivity index (χ3v) is 5.92.